The third kappa shape index (κ3) is 2.59. The lowest BCUT2D eigenvalue weighted by Gasteiger charge is -2.35. The van der Waals surface area contributed by atoms with E-state index in [4.69, 9.17) is 5.73 Å². The van der Waals surface area contributed by atoms with Crippen molar-refractivity contribution < 1.29 is 4.79 Å². The van der Waals surface area contributed by atoms with Gasteiger partial charge in [-0.15, -0.1) is 11.3 Å². The highest BCUT2D eigenvalue weighted by Gasteiger charge is 2.31. The molecule has 1 atom stereocenters. The van der Waals surface area contributed by atoms with Crippen LogP contribution in [0.2, 0.25) is 0 Å². The molecule has 0 saturated carbocycles. The van der Waals surface area contributed by atoms with Gasteiger partial charge in [0.25, 0.3) is 0 Å². The van der Waals surface area contributed by atoms with E-state index in [-0.39, 0.29) is 11.9 Å². The molecule has 0 unspecified atom stereocenters. The number of primary amides is 1. The van der Waals surface area contributed by atoms with Crippen LogP contribution in [0.25, 0.3) is 10.2 Å². The zero-order valence-corrected chi connectivity index (χ0v) is 14.1. The van der Waals surface area contributed by atoms with Crippen molar-refractivity contribution in [1.82, 2.24) is 9.97 Å². The first kappa shape index (κ1) is 14.9. The molecule has 1 fully saturated rings. The number of carbonyl (C=O) groups excluding carboxylic acids is 1. The topological polar surface area (TPSA) is 72.1 Å². The molecule has 0 radical (unpaired) electrons. The van der Waals surface area contributed by atoms with Crippen LogP contribution in [0.1, 0.15) is 49.0 Å². The molecule has 0 aromatic carbocycles. The Labute approximate surface area is 139 Å². The molecule has 1 aliphatic carbocycles. The van der Waals surface area contributed by atoms with E-state index in [1.807, 2.05) is 0 Å². The van der Waals surface area contributed by atoms with Crippen LogP contribution in [0, 0.1) is 0 Å². The van der Waals surface area contributed by atoms with E-state index in [1.165, 1.54) is 35.1 Å². The van der Waals surface area contributed by atoms with Gasteiger partial charge >= 0.3 is 0 Å². The van der Waals surface area contributed by atoms with Gasteiger partial charge in [0.15, 0.2) is 0 Å². The Hall–Kier alpha value is -1.69. The normalized spacial score (nSPS) is 21.9. The third-order valence-electron chi connectivity index (χ3n) is 5.08. The summed E-state index contributed by atoms with van der Waals surface area (Å²) in [6.07, 6.45) is 10.6. The minimum absolute atomic E-state index is 0.233. The summed E-state index contributed by atoms with van der Waals surface area (Å²) in [6, 6.07) is -0.233. The number of aryl methyl sites for hydroxylation is 2. The van der Waals surface area contributed by atoms with E-state index in [2.05, 4.69) is 14.9 Å². The van der Waals surface area contributed by atoms with Gasteiger partial charge in [-0.1, -0.05) is 6.42 Å². The van der Waals surface area contributed by atoms with Crippen LogP contribution in [0.5, 0.6) is 0 Å². The van der Waals surface area contributed by atoms with Crippen LogP contribution in [0.4, 0.5) is 5.82 Å². The molecule has 23 heavy (non-hydrogen) atoms. The van der Waals surface area contributed by atoms with Crippen molar-refractivity contribution in [3.05, 3.63) is 16.8 Å². The lowest BCUT2D eigenvalue weighted by molar-refractivity contribution is -0.119. The molecule has 2 aromatic heterocycles. The quantitative estimate of drug-likeness (QED) is 0.860. The Balaban J connectivity index is 1.86. The first-order valence-corrected chi connectivity index (χ1v) is 9.38. The van der Waals surface area contributed by atoms with Gasteiger partial charge in [-0.25, -0.2) is 9.97 Å². The third-order valence-corrected chi connectivity index (χ3v) is 6.28. The van der Waals surface area contributed by atoms with Crippen LogP contribution in [0.3, 0.4) is 0 Å². The fourth-order valence-corrected chi connectivity index (χ4v) is 5.17. The Morgan fingerprint density at radius 3 is 2.91 bits per heavy atom. The number of carbonyl (C=O) groups is 1. The molecule has 1 saturated heterocycles. The number of piperidine rings is 1. The molecule has 4 rings (SSSR count). The van der Waals surface area contributed by atoms with E-state index in [0.29, 0.717) is 0 Å². The maximum Gasteiger partial charge on any atom is 0.240 e. The Morgan fingerprint density at radius 1 is 1.17 bits per heavy atom. The second kappa shape index (κ2) is 6.07. The van der Waals surface area contributed by atoms with Gasteiger partial charge in [0.1, 0.15) is 23.0 Å². The molecule has 2 aromatic rings. The first-order chi connectivity index (χ1) is 11.3. The molecule has 1 aliphatic heterocycles. The number of thiophene rings is 1. The summed E-state index contributed by atoms with van der Waals surface area (Å²) in [7, 11) is 0. The Bertz CT molecular complexity index is 742. The lowest BCUT2D eigenvalue weighted by atomic mass is 10.0. The largest absolute Gasteiger partial charge is 0.368 e. The summed E-state index contributed by atoms with van der Waals surface area (Å²) in [6.45, 7) is 0.852. The van der Waals surface area contributed by atoms with Gasteiger partial charge in [-0.05, 0) is 50.5 Å². The van der Waals surface area contributed by atoms with Crippen molar-refractivity contribution in [1.29, 1.82) is 0 Å². The predicted molar refractivity (Wildman–Crippen MR) is 92.9 cm³/mol. The lowest BCUT2D eigenvalue weighted by Crippen LogP contribution is -2.48. The second-order valence-corrected chi connectivity index (χ2v) is 7.63. The summed E-state index contributed by atoms with van der Waals surface area (Å²) in [5, 5.41) is 1.18. The van der Waals surface area contributed by atoms with E-state index in [1.54, 1.807) is 17.7 Å². The van der Waals surface area contributed by atoms with E-state index in [9.17, 15) is 4.79 Å². The molecule has 5 nitrogen and oxygen atoms in total. The maximum atomic E-state index is 11.9. The molecule has 2 N–H and O–H groups in total. The van der Waals surface area contributed by atoms with Crippen molar-refractivity contribution >= 4 is 33.3 Å². The first-order valence-electron chi connectivity index (χ1n) is 8.57. The van der Waals surface area contributed by atoms with Crippen LogP contribution < -0.4 is 10.6 Å². The molecule has 3 heterocycles. The minimum Gasteiger partial charge on any atom is -0.368 e. The van der Waals surface area contributed by atoms with Gasteiger partial charge in [0.2, 0.25) is 5.91 Å². The second-order valence-electron chi connectivity index (χ2n) is 6.55. The number of anilines is 1. The van der Waals surface area contributed by atoms with Crippen LogP contribution in [-0.4, -0.2) is 28.5 Å². The van der Waals surface area contributed by atoms with E-state index >= 15 is 0 Å². The Morgan fingerprint density at radius 2 is 2.04 bits per heavy atom. The number of nitrogens with zero attached hydrogens (tertiary/aromatic N) is 3. The number of hydrogen-bond acceptors (Lipinski definition) is 5. The number of amides is 1. The van der Waals surface area contributed by atoms with Gasteiger partial charge in [0.05, 0.1) is 5.39 Å². The fourth-order valence-electron chi connectivity index (χ4n) is 3.95. The molecule has 122 valence electrons. The van der Waals surface area contributed by atoms with Crippen molar-refractivity contribution in [3.63, 3.8) is 0 Å². The average molecular weight is 330 g/mol. The molecule has 1 amide bonds. The summed E-state index contributed by atoms with van der Waals surface area (Å²) < 4.78 is 0. The number of rotatable bonds is 2. The fraction of sp³-hybridized carbons (Fsp3) is 0.588. The van der Waals surface area contributed by atoms with E-state index < -0.39 is 0 Å². The number of aromatic nitrogens is 2. The van der Waals surface area contributed by atoms with Crippen molar-refractivity contribution in [3.8, 4) is 0 Å². The van der Waals surface area contributed by atoms with E-state index in [0.717, 1.165) is 49.3 Å². The number of nitrogens with two attached hydrogens (primary N) is 1. The SMILES string of the molecule is NC(=O)[C@H]1CCCCN1c1ncnc2sc3c(c12)CCCCC3. The van der Waals surface area contributed by atoms with Crippen LogP contribution >= 0.6 is 11.3 Å². The maximum absolute atomic E-state index is 11.9. The molecule has 0 bridgehead atoms. The summed E-state index contributed by atoms with van der Waals surface area (Å²) in [4.78, 5) is 25.7. The van der Waals surface area contributed by atoms with Gasteiger partial charge in [-0.2, -0.15) is 0 Å². The predicted octanol–water partition coefficient (Wildman–Crippen LogP) is 2.80. The average Bonchev–Trinajstić information content (AvgIpc) is 2.76. The highest BCUT2D eigenvalue weighted by Crippen LogP contribution is 2.39. The zero-order chi connectivity index (χ0) is 15.8. The minimum atomic E-state index is -0.238. The monoisotopic (exact) mass is 330 g/mol. The molecular formula is C17H22N4OS. The van der Waals surface area contributed by atoms with Crippen molar-refractivity contribution in [2.24, 2.45) is 5.73 Å². The Kier molecular flexibility index (Phi) is 3.93. The van der Waals surface area contributed by atoms with Crippen molar-refractivity contribution in [2.75, 3.05) is 11.4 Å². The highest BCUT2D eigenvalue weighted by atomic mass is 32.1. The number of fused-ring (bicyclic) bond motifs is 3. The summed E-state index contributed by atoms with van der Waals surface area (Å²) >= 11 is 1.81. The number of hydrogen-bond donors (Lipinski definition) is 1. The summed E-state index contributed by atoms with van der Waals surface area (Å²) in [5.74, 6) is 0.690. The summed E-state index contributed by atoms with van der Waals surface area (Å²) in [5.41, 5.74) is 7.08. The van der Waals surface area contributed by atoms with Crippen LogP contribution in [0.15, 0.2) is 6.33 Å². The van der Waals surface area contributed by atoms with Crippen molar-refractivity contribution in [2.45, 2.75) is 57.4 Å². The molecule has 0 spiro atoms. The smallest absolute Gasteiger partial charge is 0.240 e. The zero-order valence-electron chi connectivity index (χ0n) is 13.3. The van der Waals surface area contributed by atoms with Gasteiger partial charge < -0.3 is 10.6 Å². The van der Waals surface area contributed by atoms with Gasteiger partial charge in [0, 0.05) is 11.4 Å². The molecule has 6 heteroatoms. The van der Waals surface area contributed by atoms with Crippen LogP contribution in [-0.2, 0) is 17.6 Å². The molecular weight excluding hydrogens is 308 g/mol. The van der Waals surface area contributed by atoms with Gasteiger partial charge in [-0.3, -0.25) is 4.79 Å². The highest BCUT2D eigenvalue weighted by molar-refractivity contribution is 7.18. The standard InChI is InChI=1S/C17H22N4OS/c18-15(22)12-7-4-5-9-21(12)16-14-11-6-2-1-3-8-13(11)23-17(14)20-10-19-16/h10,12H,1-9H2,(H2,18,22)/t12-/m1/s1. The molecule has 2 aliphatic rings.